The molecule has 6 N–H and O–H groups in total. The molecule has 0 unspecified atom stereocenters. The van der Waals surface area contributed by atoms with Gasteiger partial charge in [0.05, 0.1) is 43.9 Å². The number of nitrogens with zero attached hydrogens (tertiary/aromatic N) is 2. The molecular formula is C25H33N6O4+. The average Bonchev–Trinajstić information content (AvgIpc) is 3.26. The average molecular weight is 482 g/mol. The molecule has 10 nitrogen and oxygen atoms in total. The summed E-state index contributed by atoms with van der Waals surface area (Å²) in [7, 11) is 0. The SMILES string of the molecule is CC(=O)Nc1ccc(N)cc1OCCC[N+]1(CCCOc2cc(N)ccc2NC(C)=O)C=CN=C1. The molecule has 1 aliphatic heterocycles. The molecule has 2 aromatic carbocycles. The Kier molecular flexibility index (Phi) is 8.69. The molecule has 0 saturated heterocycles. The van der Waals surface area contributed by atoms with Crippen molar-refractivity contribution < 1.29 is 23.5 Å². The van der Waals surface area contributed by atoms with E-state index in [2.05, 4.69) is 15.6 Å². The highest BCUT2D eigenvalue weighted by molar-refractivity contribution is 5.91. The van der Waals surface area contributed by atoms with Gasteiger partial charge < -0.3 is 31.6 Å². The van der Waals surface area contributed by atoms with Crippen molar-refractivity contribution in [3.8, 4) is 11.5 Å². The van der Waals surface area contributed by atoms with Gasteiger partial charge in [0.25, 0.3) is 0 Å². The summed E-state index contributed by atoms with van der Waals surface area (Å²) in [6, 6.07) is 10.3. The van der Waals surface area contributed by atoms with E-state index in [1.54, 1.807) is 42.6 Å². The second-order valence-electron chi connectivity index (χ2n) is 8.39. The van der Waals surface area contributed by atoms with Gasteiger partial charge in [0.2, 0.25) is 11.8 Å². The number of rotatable bonds is 12. The third kappa shape index (κ3) is 7.75. The number of nitrogen functional groups attached to an aromatic ring is 2. The van der Waals surface area contributed by atoms with Gasteiger partial charge in [0.1, 0.15) is 17.7 Å². The van der Waals surface area contributed by atoms with Crippen LogP contribution >= 0.6 is 0 Å². The van der Waals surface area contributed by atoms with Gasteiger partial charge in [-0.3, -0.25) is 14.1 Å². The Morgan fingerprint density at radius 3 is 1.74 bits per heavy atom. The predicted molar refractivity (Wildman–Crippen MR) is 138 cm³/mol. The van der Waals surface area contributed by atoms with Crippen molar-refractivity contribution in [1.82, 2.24) is 0 Å². The number of carbonyl (C=O) groups is 2. The molecule has 3 rings (SSSR count). The van der Waals surface area contributed by atoms with Crippen LogP contribution in [-0.2, 0) is 9.59 Å². The largest absolute Gasteiger partial charge is 0.491 e. The maximum Gasteiger partial charge on any atom is 0.221 e. The summed E-state index contributed by atoms with van der Waals surface area (Å²) in [6.45, 7) is 5.38. The number of quaternary nitrogens is 1. The fraction of sp³-hybridized carbons (Fsp3) is 0.320. The minimum Gasteiger partial charge on any atom is -0.491 e. The summed E-state index contributed by atoms with van der Waals surface area (Å²) in [6.07, 6.45) is 7.26. The summed E-state index contributed by atoms with van der Waals surface area (Å²) in [5.74, 6) is 0.741. The second-order valence-corrected chi connectivity index (χ2v) is 8.39. The summed E-state index contributed by atoms with van der Waals surface area (Å²) in [5.41, 5.74) is 14.1. The lowest BCUT2D eigenvalue weighted by atomic mass is 10.2. The van der Waals surface area contributed by atoms with Crippen LogP contribution in [0.1, 0.15) is 26.7 Å². The van der Waals surface area contributed by atoms with Crippen molar-refractivity contribution in [2.45, 2.75) is 26.7 Å². The van der Waals surface area contributed by atoms with Gasteiger partial charge in [-0.25, -0.2) is 4.99 Å². The Hall–Kier alpha value is -4.05. The van der Waals surface area contributed by atoms with Crippen molar-refractivity contribution >= 4 is 40.9 Å². The van der Waals surface area contributed by atoms with Crippen LogP contribution in [0.15, 0.2) is 53.8 Å². The van der Waals surface area contributed by atoms with E-state index in [9.17, 15) is 9.59 Å². The van der Waals surface area contributed by atoms with E-state index in [1.165, 1.54) is 13.8 Å². The van der Waals surface area contributed by atoms with E-state index in [0.29, 0.717) is 51.9 Å². The van der Waals surface area contributed by atoms with Gasteiger partial charge >= 0.3 is 0 Å². The first-order valence-electron chi connectivity index (χ1n) is 11.4. The van der Waals surface area contributed by atoms with Crippen LogP contribution in [0.3, 0.4) is 0 Å². The molecule has 1 heterocycles. The molecule has 0 aromatic heterocycles. The highest BCUT2D eigenvalue weighted by atomic mass is 16.5. The highest BCUT2D eigenvalue weighted by Gasteiger charge is 2.25. The monoisotopic (exact) mass is 481 g/mol. The van der Waals surface area contributed by atoms with Crippen LogP contribution < -0.4 is 31.6 Å². The van der Waals surface area contributed by atoms with Crippen LogP contribution in [0.5, 0.6) is 11.5 Å². The lowest BCUT2D eigenvalue weighted by Crippen LogP contribution is -2.42. The first-order chi connectivity index (χ1) is 16.8. The molecule has 0 saturated carbocycles. The van der Waals surface area contributed by atoms with Gasteiger partial charge in [-0.15, -0.1) is 0 Å². The molecule has 2 aromatic rings. The molecule has 0 fully saturated rings. The summed E-state index contributed by atoms with van der Waals surface area (Å²) < 4.78 is 12.4. The minimum atomic E-state index is -0.174. The van der Waals surface area contributed by atoms with Crippen LogP contribution in [0.2, 0.25) is 0 Å². The first-order valence-corrected chi connectivity index (χ1v) is 11.4. The maximum absolute atomic E-state index is 11.4. The number of benzene rings is 2. The van der Waals surface area contributed by atoms with Crippen LogP contribution in [0, 0.1) is 0 Å². The number of hydrogen-bond donors (Lipinski definition) is 4. The van der Waals surface area contributed by atoms with Gasteiger partial charge in [-0.2, -0.15) is 0 Å². The normalized spacial score (nSPS) is 13.4. The fourth-order valence-electron chi connectivity index (χ4n) is 3.74. The van der Waals surface area contributed by atoms with E-state index < -0.39 is 0 Å². The molecular weight excluding hydrogens is 448 g/mol. The van der Waals surface area contributed by atoms with E-state index in [1.807, 2.05) is 12.5 Å². The molecule has 0 radical (unpaired) electrons. The van der Waals surface area contributed by atoms with E-state index in [4.69, 9.17) is 20.9 Å². The van der Waals surface area contributed by atoms with Crippen LogP contribution in [-0.4, -0.2) is 48.9 Å². The Balaban J connectivity index is 1.50. The third-order valence-corrected chi connectivity index (χ3v) is 5.33. The molecule has 1 aliphatic rings. The molecule has 0 spiro atoms. The van der Waals surface area contributed by atoms with E-state index in [0.717, 1.165) is 25.9 Å². The number of nitrogens with one attached hydrogen (secondary N) is 2. The van der Waals surface area contributed by atoms with Crippen molar-refractivity contribution in [3.63, 3.8) is 0 Å². The van der Waals surface area contributed by atoms with Crippen molar-refractivity contribution in [1.29, 1.82) is 0 Å². The summed E-state index contributed by atoms with van der Waals surface area (Å²) in [5, 5.41) is 5.51. The van der Waals surface area contributed by atoms with Crippen molar-refractivity contribution in [2.24, 2.45) is 4.99 Å². The minimum absolute atomic E-state index is 0.174. The lowest BCUT2D eigenvalue weighted by Gasteiger charge is -2.27. The number of ether oxygens (including phenoxy) is 2. The predicted octanol–water partition coefficient (Wildman–Crippen LogP) is 3.34. The Morgan fingerprint density at radius 2 is 1.34 bits per heavy atom. The number of anilines is 4. The molecule has 0 aliphatic carbocycles. The molecule has 0 bridgehead atoms. The van der Waals surface area contributed by atoms with Crippen molar-refractivity contribution in [2.75, 3.05) is 48.4 Å². The van der Waals surface area contributed by atoms with Crippen LogP contribution in [0.25, 0.3) is 0 Å². The molecule has 0 atom stereocenters. The van der Waals surface area contributed by atoms with E-state index in [-0.39, 0.29) is 11.8 Å². The highest BCUT2D eigenvalue weighted by Crippen LogP contribution is 2.28. The van der Waals surface area contributed by atoms with E-state index >= 15 is 0 Å². The van der Waals surface area contributed by atoms with Gasteiger partial charge in [-0.1, -0.05) is 0 Å². The second kappa shape index (κ2) is 11.9. The van der Waals surface area contributed by atoms with Crippen molar-refractivity contribution in [3.05, 3.63) is 48.8 Å². The topological polar surface area (TPSA) is 141 Å². The Labute approximate surface area is 205 Å². The number of amides is 2. The number of nitrogens with two attached hydrogens (primary N) is 2. The first kappa shape index (κ1) is 25.6. The lowest BCUT2D eigenvalue weighted by molar-refractivity contribution is -0.780. The Morgan fingerprint density at radius 1 is 0.857 bits per heavy atom. The van der Waals surface area contributed by atoms with Gasteiger partial charge in [0.15, 0.2) is 6.34 Å². The molecule has 35 heavy (non-hydrogen) atoms. The Bertz CT molecular complexity index is 1030. The zero-order chi connectivity index (χ0) is 25.3. The quantitative estimate of drug-likeness (QED) is 0.208. The smallest absolute Gasteiger partial charge is 0.221 e. The number of carbonyl (C=O) groups excluding carboxylic acids is 2. The standard InChI is InChI=1S/C25H32N6O4/c1-18(32)29-22-7-5-20(26)15-24(22)34-13-3-10-31(12-9-28-17-31)11-4-14-35-25-16-21(27)6-8-23(25)30-19(2)33/h5-9,12,15-17H,3-4,10-11,13-14,26-27H2,1-2H3,(H-,29,30,32,33)/p+1. The summed E-state index contributed by atoms with van der Waals surface area (Å²) in [4.78, 5) is 27.2. The number of aliphatic imine (C=N–C) groups is 1. The molecule has 10 heteroatoms. The van der Waals surface area contributed by atoms with Crippen LogP contribution in [0.4, 0.5) is 22.7 Å². The zero-order valence-electron chi connectivity index (χ0n) is 20.1. The van der Waals surface area contributed by atoms with Gasteiger partial charge in [-0.05, 0) is 24.3 Å². The zero-order valence-corrected chi connectivity index (χ0v) is 20.1. The third-order valence-electron chi connectivity index (χ3n) is 5.33. The number of hydrogen-bond acceptors (Lipinski definition) is 7. The maximum atomic E-state index is 11.4. The summed E-state index contributed by atoms with van der Waals surface area (Å²) >= 11 is 0. The molecule has 186 valence electrons. The van der Waals surface area contributed by atoms with Gasteiger partial charge in [0, 0.05) is 50.2 Å². The fourth-order valence-corrected chi connectivity index (χ4v) is 3.74. The molecule has 2 amide bonds.